The van der Waals surface area contributed by atoms with Gasteiger partial charge in [-0.15, -0.1) is 0 Å². The summed E-state index contributed by atoms with van der Waals surface area (Å²) in [5, 5.41) is 0.618. The van der Waals surface area contributed by atoms with E-state index in [9.17, 15) is 8.42 Å². The van der Waals surface area contributed by atoms with Gasteiger partial charge in [-0.2, -0.15) is 4.31 Å². The Kier molecular flexibility index (Phi) is 4.77. The van der Waals surface area contributed by atoms with Gasteiger partial charge in [0.15, 0.2) is 0 Å². The topological polar surface area (TPSA) is 37.4 Å². The van der Waals surface area contributed by atoms with Gasteiger partial charge in [-0.1, -0.05) is 24.9 Å². The molecule has 1 fully saturated rings. The molecule has 1 aromatic rings. The monoisotopic (exact) mass is 315 g/mol. The lowest BCUT2D eigenvalue weighted by atomic mass is 10.0. The van der Waals surface area contributed by atoms with Gasteiger partial charge in [-0.3, -0.25) is 0 Å². The summed E-state index contributed by atoms with van der Waals surface area (Å²) in [6.45, 7) is 6.33. The minimum absolute atomic E-state index is 0.129. The Labute approximate surface area is 127 Å². The first kappa shape index (κ1) is 15.8. The zero-order valence-corrected chi connectivity index (χ0v) is 13.9. The van der Waals surface area contributed by atoms with Crippen molar-refractivity contribution in [3.8, 4) is 0 Å². The van der Waals surface area contributed by atoms with Gasteiger partial charge in [0.05, 0.1) is 4.90 Å². The second kappa shape index (κ2) is 6.04. The highest BCUT2D eigenvalue weighted by atomic mass is 35.5. The van der Waals surface area contributed by atoms with Crippen LogP contribution >= 0.6 is 11.6 Å². The molecule has 0 bridgehead atoms. The second-order valence-corrected chi connectivity index (χ2v) is 7.81. The Bertz CT molecular complexity index is 598. The first-order valence-electron chi connectivity index (χ1n) is 7.16. The Hall–Kier alpha value is -0.580. The fourth-order valence-electron chi connectivity index (χ4n) is 2.86. The van der Waals surface area contributed by atoms with E-state index in [1.54, 1.807) is 16.4 Å². The minimum Gasteiger partial charge on any atom is -0.207 e. The lowest BCUT2D eigenvalue weighted by molar-refractivity contribution is 0.246. The Morgan fingerprint density at radius 1 is 1.25 bits per heavy atom. The van der Waals surface area contributed by atoms with Crippen LogP contribution < -0.4 is 0 Å². The molecule has 0 radical (unpaired) electrons. The van der Waals surface area contributed by atoms with Crippen molar-refractivity contribution >= 4 is 21.6 Å². The van der Waals surface area contributed by atoms with E-state index in [-0.39, 0.29) is 6.04 Å². The van der Waals surface area contributed by atoms with Gasteiger partial charge in [0.25, 0.3) is 0 Å². The van der Waals surface area contributed by atoms with Gasteiger partial charge in [0.2, 0.25) is 10.0 Å². The Balaban J connectivity index is 2.46. The van der Waals surface area contributed by atoms with Crippen LogP contribution in [0.4, 0.5) is 0 Å². The molecule has 1 aromatic carbocycles. The summed E-state index contributed by atoms with van der Waals surface area (Å²) in [5.74, 6) is 0. The molecule has 0 aliphatic carbocycles. The molecule has 1 saturated heterocycles. The lowest BCUT2D eigenvalue weighted by Crippen LogP contribution is -2.43. The zero-order chi connectivity index (χ0) is 14.9. The summed E-state index contributed by atoms with van der Waals surface area (Å²) in [4.78, 5) is 0.403. The van der Waals surface area contributed by atoms with Gasteiger partial charge in [0, 0.05) is 17.6 Å². The molecule has 1 atom stereocenters. The van der Waals surface area contributed by atoms with Crippen LogP contribution in [0.25, 0.3) is 0 Å². The van der Waals surface area contributed by atoms with Gasteiger partial charge < -0.3 is 0 Å². The van der Waals surface area contributed by atoms with Crippen LogP contribution in [0.2, 0.25) is 5.02 Å². The smallest absolute Gasteiger partial charge is 0.207 e. The molecule has 0 spiro atoms. The molecule has 0 amide bonds. The maximum atomic E-state index is 12.9. The van der Waals surface area contributed by atoms with E-state index < -0.39 is 10.0 Å². The number of sulfonamides is 1. The third-order valence-electron chi connectivity index (χ3n) is 4.09. The first-order chi connectivity index (χ1) is 9.37. The van der Waals surface area contributed by atoms with E-state index in [0.717, 1.165) is 36.8 Å². The van der Waals surface area contributed by atoms with Crippen molar-refractivity contribution in [2.45, 2.75) is 57.4 Å². The van der Waals surface area contributed by atoms with E-state index in [4.69, 9.17) is 11.6 Å². The summed E-state index contributed by atoms with van der Waals surface area (Å²) in [5.41, 5.74) is 1.53. The molecule has 1 aliphatic rings. The fraction of sp³-hybridized carbons (Fsp3) is 0.600. The summed E-state index contributed by atoms with van der Waals surface area (Å²) in [6.07, 6.45) is 3.89. The molecule has 5 heteroatoms. The van der Waals surface area contributed by atoms with Crippen LogP contribution in [-0.4, -0.2) is 25.3 Å². The summed E-state index contributed by atoms with van der Waals surface area (Å²) >= 11 is 6.07. The molecule has 20 heavy (non-hydrogen) atoms. The van der Waals surface area contributed by atoms with E-state index >= 15 is 0 Å². The number of halogens is 1. The number of hydrogen-bond acceptors (Lipinski definition) is 2. The number of benzene rings is 1. The molecule has 3 nitrogen and oxygen atoms in total. The SMILES string of the molecule is CC[C@@H]1CCCCN1S(=O)(=O)c1cc(C)c(Cl)cc1C. The predicted octanol–water partition coefficient (Wildman–Crippen LogP) is 3.91. The first-order valence-corrected chi connectivity index (χ1v) is 8.98. The van der Waals surface area contributed by atoms with Crippen molar-refractivity contribution < 1.29 is 8.42 Å². The summed E-state index contributed by atoms with van der Waals surface area (Å²) in [6, 6.07) is 3.58. The number of piperidine rings is 1. The average Bonchev–Trinajstić information content (AvgIpc) is 2.42. The molecule has 0 unspecified atom stereocenters. The van der Waals surface area contributed by atoms with Crippen LogP contribution in [0.3, 0.4) is 0 Å². The van der Waals surface area contributed by atoms with Gasteiger partial charge in [-0.25, -0.2) is 8.42 Å². The molecule has 0 N–H and O–H groups in total. The van der Waals surface area contributed by atoms with E-state index in [1.165, 1.54) is 0 Å². The van der Waals surface area contributed by atoms with Crippen molar-refractivity contribution in [1.82, 2.24) is 4.31 Å². The highest BCUT2D eigenvalue weighted by molar-refractivity contribution is 7.89. The van der Waals surface area contributed by atoms with E-state index in [1.807, 2.05) is 13.8 Å². The van der Waals surface area contributed by atoms with Crippen molar-refractivity contribution in [1.29, 1.82) is 0 Å². The number of rotatable bonds is 3. The van der Waals surface area contributed by atoms with Crippen molar-refractivity contribution in [3.63, 3.8) is 0 Å². The Morgan fingerprint density at radius 2 is 1.95 bits per heavy atom. The van der Waals surface area contributed by atoms with Gasteiger partial charge >= 0.3 is 0 Å². The normalized spacial score (nSPS) is 21.1. The zero-order valence-electron chi connectivity index (χ0n) is 12.3. The summed E-state index contributed by atoms with van der Waals surface area (Å²) in [7, 11) is -3.42. The van der Waals surface area contributed by atoms with Gasteiger partial charge in [-0.05, 0) is 56.4 Å². The molecule has 0 aromatic heterocycles. The predicted molar refractivity (Wildman–Crippen MR) is 82.7 cm³/mol. The highest BCUT2D eigenvalue weighted by Gasteiger charge is 2.33. The van der Waals surface area contributed by atoms with Crippen molar-refractivity contribution in [3.05, 3.63) is 28.3 Å². The number of nitrogens with zero attached hydrogens (tertiary/aromatic N) is 1. The second-order valence-electron chi connectivity index (χ2n) is 5.54. The molecule has 1 heterocycles. The summed E-state index contributed by atoms with van der Waals surface area (Å²) < 4.78 is 27.5. The van der Waals surface area contributed by atoms with Crippen LogP contribution in [0, 0.1) is 13.8 Å². The largest absolute Gasteiger partial charge is 0.243 e. The third kappa shape index (κ3) is 2.87. The average molecular weight is 316 g/mol. The van der Waals surface area contributed by atoms with Crippen LogP contribution in [0.1, 0.15) is 43.7 Å². The Morgan fingerprint density at radius 3 is 2.60 bits per heavy atom. The van der Waals surface area contributed by atoms with E-state index in [0.29, 0.717) is 16.5 Å². The van der Waals surface area contributed by atoms with Crippen molar-refractivity contribution in [2.24, 2.45) is 0 Å². The van der Waals surface area contributed by atoms with Gasteiger partial charge in [0.1, 0.15) is 0 Å². The van der Waals surface area contributed by atoms with E-state index in [2.05, 4.69) is 6.92 Å². The minimum atomic E-state index is -3.42. The highest BCUT2D eigenvalue weighted by Crippen LogP contribution is 2.30. The molecular weight excluding hydrogens is 294 g/mol. The standard InChI is InChI=1S/C15H22ClNO2S/c1-4-13-7-5-6-8-17(13)20(18,19)15-10-11(2)14(16)9-12(15)3/h9-10,13H,4-8H2,1-3H3/t13-/m1/s1. The number of hydrogen-bond donors (Lipinski definition) is 0. The molecule has 112 valence electrons. The number of aryl methyl sites for hydroxylation is 2. The van der Waals surface area contributed by atoms with Crippen LogP contribution in [0.15, 0.2) is 17.0 Å². The molecule has 1 aliphatic heterocycles. The van der Waals surface area contributed by atoms with Crippen LogP contribution in [0.5, 0.6) is 0 Å². The molecule has 2 rings (SSSR count). The molecule has 0 saturated carbocycles. The van der Waals surface area contributed by atoms with Crippen molar-refractivity contribution in [2.75, 3.05) is 6.54 Å². The molecular formula is C15H22ClNO2S. The lowest BCUT2D eigenvalue weighted by Gasteiger charge is -2.34. The third-order valence-corrected chi connectivity index (χ3v) is 6.59. The maximum Gasteiger partial charge on any atom is 0.243 e. The fourth-order valence-corrected chi connectivity index (χ4v) is 5.14. The van der Waals surface area contributed by atoms with Crippen LogP contribution in [-0.2, 0) is 10.0 Å². The maximum absolute atomic E-state index is 12.9. The quantitative estimate of drug-likeness (QED) is 0.848.